The lowest BCUT2D eigenvalue weighted by Gasteiger charge is -2.32. The zero-order valence-corrected chi connectivity index (χ0v) is 13.0. The Morgan fingerprint density at radius 3 is 1.50 bits per heavy atom. The van der Waals surface area contributed by atoms with Gasteiger partial charge >= 0.3 is 8.80 Å². The minimum atomic E-state index is -2.43. The van der Waals surface area contributed by atoms with Gasteiger partial charge in [-0.25, -0.2) is 0 Å². The number of hydrogen-bond donors (Lipinski definition) is 0. The van der Waals surface area contributed by atoms with Gasteiger partial charge in [-0.3, -0.25) is 0 Å². The maximum Gasteiger partial charge on any atom is 0.513 e. The van der Waals surface area contributed by atoms with Crippen molar-refractivity contribution in [3.8, 4) is 0 Å². The van der Waals surface area contributed by atoms with Crippen LogP contribution in [0.4, 0.5) is 0 Å². The SMILES string of the molecule is CO[Si](OC)(OC)C(C)S[Si](C)(C)C. The Morgan fingerprint density at radius 1 is 0.929 bits per heavy atom. The normalized spacial score (nSPS) is 15.6. The molecule has 0 aromatic rings. The van der Waals surface area contributed by atoms with E-state index in [1.807, 2.05) is 11.2 Å². The zero-order valence-electron chi connectivity index (χ0n) is 10.2. The molecule has 0 fully saturated rings. The van der Waals surface area contributed by atoms with Crippen LogP contribution in [0.25, 0.3) is 0 Å². The first-order valence-corrected chi connectivity index (χ1v) is 11.5. The average Bonchev–Trinajstić information content (AvgIpc) is 2.05. The van der Waals surface area contributed by atoms with E-state index in [0.29, 0.717) is 4.87 Å². The van der Waals surface area contributed by atoms with E-state index in [1.165, 1.54) is 0 Å². The molecule has 0 rings (SSSR count). The Kier molecular flexibility index (Phi) is 5.94. The molecular formula is C8H22O3SSi2. The molecule has 1 unspecified atom stereocenters. The van der Waals surface area contributed by atoms with Crippen LogP contribution in [0.5, 0.6) is 0 Å². The Labute approximate surface area is 93.5 Å². The van der Waals surface area contributed by atoms with Crippen LogP contribution in [0.15, 0.2) is 0 Å². The fraction of sp³-hybridized carbons (Fsp3) is 1.00. The summed E-state index contributed by atoms with van der Waals surface area (Å²) < 4.78 is 16.3. The highest BCUT2D eigenvalue weighted by Crippen LogP contribution is 2.31. The van der Waals surface area contributed by atoms with E-state index >= 15 is 0 Å². The summed E-state index contributed by atoms with van der Waals surface area (Å²) in [5.74, 6) is 0. The van der Waals surface area contributed by atoms with Gasteiger partial charge in [-0.05, 0) is 6.92 Å². The van der Waals surface area contributed by atoms with Crippen molar-refractivity contribution >= 4 is 27.2 Å². The third-order valence-corrected chi connectivity index (χ3v) is 10.8. The van der Waals surface area contributed by atoms with Crippen molar-refractivity contribution in [3.05, 3.63) is 0 Å². The Hall–Kier alpha value is 0.664. The molecule has 14 heavy (non-hydrogen) atoms. The largest absolute Gasteiger partial charge is 0.513 e. The highest BCUT2D eigenvalue weighted by Gasteiger charge is 2.46. The van der Waals surface area contributed by atoms with Crippen LogP contribution in [0.3, 0.4) is 0 Å². The van der Waals surface area contributed by atoms with Crippen LogP contribution >= 0.6 is 11.2 Å². The molecule has 0 amide bonds. The third-order valence-electron chi connectivity index (χ3n) is 1.88. The second-order valence-corrected chi connectivity index (χ2v) is 17.4. The van der Waals surface area contributed by atoms with Gasteiger partial charge in [-0.15, -0.1) is 0 Å². The fourth-order valence-electron chi connectivity index (χ4n) is 1.35. The fourth-order valence-corrected chi connectivity index (χ4v) is 13.0. The quantitative estimate of drug-likeness (QED) is 0.680. The van der Waals surface area contributed by atoms with Gasteiger partial charge in [0.25, 0.3) is 0 Å². The van der Waals surface area contributed by atoms with Crippen LogP contribution in [0.2, 0.25) is 19.6 Å². The van der Waals surface area contributed by atoms with Gasteiger partial charge in [0.2, 0.25) is 0 Å². The van der Waals surface area contributed by atoms with Crippen molar-refractivity contribution in [2.45, 2.75) is 31.4 Å². The standard InChI is InChI=1S/C8H22O3SSi2/c1-8(12-13(5,6)7)14(9-2,10-3)11-4/h8H,1-7H3. The van der Waals surface area contributed by atoms with E-state index in [0.717, 1.165) is 0 Å². The lowest BCUT2D eigenvalue weighted by molar-refractivity contribution is 0.123. The van der Waals surface area contributed by atoms with Crippen LogP contribution in [0, 0.1) is 0 Å². The summed E-state index contributed by atoms with van der Waals surface area (Å²) in [5, 5.41) is 0. The lowest BCUT2D eigenvalue weighted by Crippen LogP contribution is -2.53. The van der Waals surface area contributed by atoms with Crippen molar-refractivity contribution in [2.24, 2.45) is 0 Å². The third kappa shape index (κ3) is 4.03. The van der Waals surface area contributed by atoms with Gasteiger partial charge in [-0.1, -0.05) is 19.6 Å². The summed E-state index contributed by atoms with van der Waals surface area (Å²) in [6.45, 7) is 9.07. The van der Waals surface area contributed by atoms with Crippen molar-refractivity contribution in [1.29, 1.82) is 0 Å². The second-order valence-electron chi connectivity index (χ2n) is 4.09. The highest BCUT2D eigenvalue weighted by molar-refractivity contribution is 8.29. The van der Waals surface area contributed by atoms with Crippen molar-refractivity contribution in [3.63, 3.8) is 0 Å². The molecule has 3 nitrogen and oxygen atoms in total. The van der Waals surface area contributed by atoms with Gasteiger partial charge in [0.1, 0.15) is 7.22 Å². The first-order chi connectivity index (χ1) is 6.31. The van der Waals surface area contributed by atoms with E-state index in [-0.39, 0.29) is 0 Å². The van der Waals surface area contributed by atoms with Crippen molar-refractivity contribution < 1.29 is 13.3 Å². The summed E-state index contributed by atoms with van der Waals surface area (Å²) in [6, 6.07) is 0. The van der Waals surface area contributed by atoms with Crippen LogP contribution in [0.1, 0.15) is 6.92 Å². The van der Waals surface area contributed by atoms with E-state index in [2.05, 4.69) is 26.6 Å². The molecule has 0 bridgehead atoms. The van der Waals surface area contributed by atoms with Crippen LogP contribution in [-0.2, 0) is 13.3 Å². The molecule has 0 aliphatic heterocycles. The van der Waals surface area contributed by atoms with Gasteiger partial charge in [0.05, 0.1) is 4.87 Å². The maximum atomic E-state index is 5.44. The molecule has 1 atom stereocenters. The summed E-state index contributed by atoms with van der Waals surface area (Å²) in [4.78, 5) is 0.300. The van der Waals surface area contributed by atoms with E-state index in [9.17, 15) is 0 Å². The highest BCUT2D eigenvalue weighted by atomic mass is 32.4. The van der Waals surface area contributed by atoms with Crippen LogP contribution in [-0.4, -0.2) is 42.2 Å². The molecule has 0 N–H and O–H groups in total. The van der Waals surface area contributed by atoms with Crippen LogP contribution < -0.4 is 0 Å². The second kappa shape index (κ2) is 5.67. The average molecular weight is 254 g/mol. The van der Waals surface area contributed by atoms with E-state index < -0.39 is 16.0 Å². The topological polar surface area (TPSA) is 27.7 Å². The molecule has 6 heteroatoms. The predicted molar refractivity (Wildman–Crippen MR) is 67.2 cm³/mol. The van der Waals surface area contributed by atoms with Crippen molar-refractivity contribution in [2.75, 3.05) is 21.3 Å². The number of hydrogen-bond acceptors (Lipinski definition) is 4. The molecule has 0 aliphatic carbocycles. The molecule has 0 aliphatic rings. The first kappa shape index (κ1) is 14.7. The van der Waals surface area contributed by atoms with Gasteiger partial charge in [-0.2, -0.15) is 11.2 Å². The summed E-state index contributed by atoms with van der Waals surface area (Å²) in [5.41, 5.74) is 0. The monoisotopic (exact) mass is 254 g/mol. The molecular weight excluding hydrogens is 232 g/mol. The Bertz CT molecular complexity index is 160. The minimum Gasteiger partial charge on any atom is -0.376 e. The molecule has 0 heterocycles. The Morgan fingerprint density at radius 2 is 1.29 bits per heavy atom. The molecule has 0 saturated heterocycles. The maximum absolute atomic E-state index is 5.44. The molecule has 0 aromatic heterocycles. The van der Waals surface area contributed by atoms with Gasteiger partial charge in [0.15, 0.2) is 0 Å². The van der Waals surface area contributed by atoms with Gasteiger partial charge in [0, 0.05) is 21.3 Å². The lowest BCUT2D eigenvalue weighted by atomic mass is 11.0. The Balaban J connectivity index is 4.52. The summed E-state index contributed by atoms with van der Waals surface area (Å²) >= 11 is 1.96. The van der Waals surface area contributed by atoms with Gasteiger partial charge < -0.3 is 13.3 Å². The first-order valence-electron chi connectivity index (χ1n) is 4.64. The van der Waals surface area contributed by atoms with E-state index in [4.69, 9.17) is 13.3 Å². The zero-order chi connectivity index (χ0) is 11.4. The summed E-state index contributed by atoms with van der Waals surface area (Å²) in [6.07, 6.45) is 0. The summed E-state index contributed by atoms with van der Waals surface area (Å²) in [7, 11) is 1.40. The number of rotatable bonds is 6. The molecule has 0 aromatic carbocycles. The predicted octanol–water partition coefficient (Wildman–Crippen LogP) is 2.36. The smallest absolute Gasteiger partial charge is 0.376 e. The molecule has 0 spiro atoms. The molecule has 86 valence electrons. The minimum absolute atomic E-state index is 0.300. The van der Waals surface area contributed by atoms with Crippen molar-refractivity contribution in [1.82, 2.24) is 0 Å². The molecule has 0 radical (unpaired) electrons. The van der Waals surface area contributed by atoms with E-state index in [1.54, 1.807) is 21.3 Å². The molecule has 0 saturated carbocycles.